The van der Waals surface area contributed by atoms with Gasteiger partial charge in [0.05, 0.1) is 50.0 Å². The van der Waals surface area contributed by atoms with E-state index in [2.05, 4.69) is 120 Å². The minimum absolute atomic E-state index is 0. The molecule has 0 radical (unpaired) electrons. The Hall–Kier alpha value is -1.63. The SMILES string of the molecule is Cc1ccc2nc(S(=O)Cc3ncc(C)c(C)c3C)[nH]c2c1.Cc1ccc2nc(SCc3ncc(C)c(C)c3C)[nH]c2c1.I.II. The number of thioether (sulfide) groups is 1. The van der Waals surface area contributed by atoms with Gasteiger partial charge < -0.3 is 9.97 Å². The number of pyridine rings is 2. The first-order chi connectivity index (χ1) is 21.5. The van der Waals surface area contributed by atoms with E-state index >= 15 is 0 Å². The van der Waals surface area contributed by atoms with Crippen LogP contribution in [0.4, 0.5) is 0 Å². The summed E-state index contributed by atoms with van der Waals surface area (Å²) in [6, 6.07) is 12.2. The average molecular weight is 993 g/mol. The number of benzene rings is 2. The first-order valence-electron chi connectivity index (χ1n) is 14.4. The van der Waals surface area contributed by atoms with Crippen LogP contribution in [0.2, 0.25) is 0 Å². The van der Waals surface area contributed by atoms with Gasteiger partial charge in [-0.15, -0.1) is 24.0 Å². The molecule has 244 valence electrons. The molecule has 46 heavy (non-hydrogen) atoms. The summed E-state index contributed by atoms with van der Waals surface area (Å²) in [7, 11) is -1.23. The van der Waals surface area contributed by atoms with Crippen LogP contribution in [-0.4, -0.2) is 34.1 Å². The van der Waals surface area contributed by atoms with Crippen LogP contribution in [0.3, 0.4) is 0 Å². The highest BCUT2D eigenvalue weighted by Crippen LogP contribution is 2.26. The zero-order valence-corrected chi connectivity index (χ0v) is 35.5. The normalized spacial score (nSPS) is 11.3. The molecule has 1 unspecified atom stereocenters. The zero-order valence-electron chi connectivity index (χ0n) is 27.2. The molecular formula is C34H39I3N6OS2. The molecule has 0 spiro atoms. The standard InChI is InChI=1S/C17H19N3OS.C17H19N3S.I2.HI/c1-10-5-6-14-15(7-10)20-17(19-14)22(21)9-16-13(4)12(3)11(2)8-18-16;1-10-5-6-14-15(7-10)20-17(19-14)21-9-16-13(4)12(3)11(2)8-18-16;1-2;/h5-8H,9H2,1-4H3,(H,19,20);5-8H,9H2,1-4H3,(H,19,20);;1H. The molecule has 0 aliphatic carbocycles. The van der Waals surface area contributed by atoms with Crippen molar-refractivity contribution >= 4 is 106 Å². The average Bonchev–Trinajstić information content (AvgIpc) is 3.64. The van der Waals surface area contributed by atoms with Gasteiger partial charge in [0.25, 0.3) is 0 Å². The number of hydrogen-bond donors (Lipinski definition) is 2. The Morgan fingerprint density at radius 3 is 1.78 bits per heavy atom. The molecule has 0 aliphatic rings. The number of nitrogens with one attached hydrogen (secondary N) is 2. The smallest absolute Gasteiger partial charge is 0.197 e. The molecule has 0 fully saturated rings. The minimum atomic E-state index is -1.23. The van der Waals surface area contributed by atoms with E-state index in [1.807, 2.05) is 51.4 Å². The highest BCUT2D eigenvalue weighted by atomic mass is 128. The molecule has 1 atom stereocenters. The third-order valence-electron chi connectivity index (χ3n) is 8.06. The number of fused-ring (bicyclic) bond motifs is 2. The predicted octanol–water partition coefficient (Wildman–Crippen LogP) is 10.4. The number of nitrogens with zero attached hydrogens (tertiary/aromatic N) is 4. The summed E-state index contributed by atoms with van der Waals surface area (Å²) in [4.78, 5) is 24.6. The Labute approximate surface area is 318 Å². The van der Waals surface area contributed by atoms with Crippen LogP contribution in [0.15, 0.2) is 59.1 Å². The number of imidazole rings is 2. The fraction of sp³-hybridized carbons (Fsp3) is 0.294. The number of H-pyrrole nitrogens is 2. The summed E-state index contributed by atoms with van der Waals surface area (Å²) in [5.41, 5.74) is 15.7. The molecule has 6 rings (SSSR count). The lowest BCUT2D eigenvalue weighted by Gasteiger charge is -2.09. The van der Waals surface area contributed by atoms with Gasteiger partial charge in [-0.25, -0.2) is 9.97 Å². The van der Waals surface area contributed by atoms with Gasteiger partial charge in [0.2, 0.25) is 0 Å². The van der Waals surface area contributed by atoms with Crippen molar-refractivity contribution in [1.82, 2.24) is 29.9 Å². The van der Waals surface area contributed by atoms with Crippen LogP contribution >= 0.6 is 73.0 Å². The van der Waals surface area contributed by atoms with Gasteiger partial charge in [0.1, 0.15) is 0 Å². The van der Waals surface area contributed by atoms with Crippen molar-refractivity contribution in [2.75, 3.05) is 0 Å². The van der Waals surface area contributed by atoms with Crippen LogP contribution in [0.25, 0.3) is 22.1 Å². The molecule has 6 aromatic rings. The fourth-order valence-electron chi connectivity index (χ4n) is 4.76. The minimum Gasteiger partial charge on any atom is -0.333 e. The van der Waals surface area contributed by atoms with E-state index in [4.69, 9.17) is 0 Å². The third-order valence-corrected chi connectivity index (χ3v) is 10.1. The van der Waals surface area contributed by atoms with Gasteiger partial charge in [-0.2, -0.15) is 0 Å². The number of hydrogen-bond acceptors (Lipinski definition) is 6. The van der Waals surface area contributed by atoms with Crippen molar-refractivity contribution in [1.29, 1.82) is 0 Å². The van der Waals surface area contributed by atoms with E-state index in [0.717, 1.165) is 61.1 Å². The Balaban J connectivity index is 0.000000233. The monoisotopic (exact) mass is 992 g/mol. The van der Waals surface area contributed by atoms with Crippen molar-refractivity contribution in [2.24, 2.45) is 0 Å². The summed E-state index contributed by atoms with van der Waals surface area (Å²) >= 11 is 5.94. The van der Waals surface area contributed by atoms with E-state index in [-0.39, 0.29) is 24.0 Å². The van der Waals surface area contributed by atoms with Gasteiger partial charge >= 0.3 is 0 Å². The Kier molecular flexibility index (Phi) is 14.9. The molecule has 4 heterocycles. The number of halogens is 3. The summed E-state index contributed by atoms with van der Waals surface area (Å²) < 4.78 is 12.6. The molecule has 0 amide bonds. The molecule has 4 aromatic heterocycles. The van der Waals surface area contributed by atoms with Crippen molar-refractivity contribution < 1.29 is 4.21 Å². The van der Waals surface area contributed by atoms with E-state index < -0.39 is 10.8 Å². The first-order valence-corrected chi connectivity index (χ1v) is 23.0. The summed E-state index contributed by atoms with van der Waals surface area (Å²) in [5.74, 6) is 1.22. The van der Waals surface area contributed by atoms with E-state index in [1.54, 1.807) is 11.8 Å². The van der Waals surface area contributed by atoms with Crippen LogP contribution in [-0.2, 0) is 22.3 Å². The quantitative estimate of drug-likeness (QED) is 0.127. The lowest BCUT2D eigenvalue weighted by molar-refractivity contribution is 0.676. The Morgan fingerprint density at radius 1 is 0.696 bits per heavy atom. The van der Waals surface area contributed by atoms with Crippen molar-refractivity contribution in [3.05, 3.63) is 105 Å². The highest BCUT2D eigenvalue weighted by molar-refractivity contribution is 15.0. The van der Waals surface area contributed by atoms with E-state index in [1.165, 1.54) is 27.8 Å². The number of aromatic nitrogens is 6. The topological polar surface area (TPSA) is 100 Å². The van der Waals surface area contributed by atoms with Gasteiger partial charge in [-0.05, 0) is 124 Å². The first kappa shape index (κ1) is 38.8. The molecular weight excluding hydrogens is 953 g/mol. The second-order valence-electron chi connectivity index (χ2n) is 11.2. The lowest BCUT2D eigenvalue weighted by Crippen LogP contribution is -2.04. The van der Waals surface area contributed by atoms with Crippen LogP contribution in [0.1, 0.15) is 55.9 Å². The lowest BCUT2D eigenvalue weighted by atomic mass is 10.1. The van der Waals surface area contributed by atoms with Crippen molar-refractivity contribution in [2.45, 2.75) is 77.2 Å². The van der Waals surface area contributed by atoms with E-state index in [9.17, 15) is 4.21 Å². The largest absolute Gasteiger partial charge is 0.333 e. The maximum atomic E-state index is 12.6. The summed E-state index contributed by atoms with van der Waals surface area (Å²) in [5, 5.41) is 1.47. The molecule has 2 N–H and O–H groups in total. The molecule has 0 bridgehead atoms. The Bertz CT molecular complexity index is 1990. The maximum Gasteiger partial charge on any atom is 0.197 e. The van der Waals surface area contributed by atoms with Gasteiger partial charge in [-0.3, -0.25) is 14.2 Å². The molecule has 0 aliphatic heterocycles. The summed E-state index contributed by atoms with van der Waals surface area (Å²) in [6.45, 7) is 16.7. The predicted molar refractivity (Wildman–Crippen MR) is 222 cm³/mol. The number of aryl methyl sites for hydroxylation is 4. The van der Waals surface area contributed by atoms with Crippen LogP contribution in [0.5, 0.6) is 0 Å². The van der Waals surface area contributed by atoms with Crippen LogP contribution < -0.4 is 0 Å². The second-order valence-corrected chi connectivity index (χ2v) is 13.5. The third kappa shape index (κ3) is 9.50. The fourth-order valence-corrected chi connectivity index (χ4v) is 6.77. The van der Waals surface area contributed by atoms with Gasteiger partial charge in [0, 0.05) is 55.4 Å². The molecule has 0 saturated heterocycles. The number of aromatic amines is 2. The Morgan fingerprint density at radius 2 is 1.20 bits per heavy atom. The number of rotatable bonds is 6. The van der Waals surface area contributed by atoms with Gasteiger partial charge in [0.15, 0.2) is 10.3 Å². The molecule has 0 saturated carbocycles. The molecule has 2 aromatic carbocycles. The second kappa shape index (κ2) is 17.7. The molecule has 12 heteroatoms. The van der Waals surface area contributed by atoms with Crippen molar-refractivity contribution in [3.8, 4) is 0 Å². The highest BCUT2D eigenvalue weighted by Gasteiger charge is 2.14. The van der Waals surface area contributed by atoms with Gasteiger partial charge in [-0.1, -0.05) is 23.9 Å². The van der Waals surface area contributed by atoms with Crippen LogP contribution in [0, 0.1) is 55.4 Å². The molecule has 7 nitrogen and oxygen atoms in total. The van der Waals surface area contributed by atoms with E-state index in [0.29, 0.717) is 10.9 Å². The zero-order chi connectivity index (χ0) is 32.8. The maximum absolute atomic E-state index is 12.6. The van der Waals surface area contributed by atoms with Crippen molar-refractivity contribution in [3.63, 3.8) is 0 Å². The summed E-state index contributed by atoms with van der Waals surface area (Å²) in [6.07, 6.45) is 3.80.